The molecular formula is C10H8ClN3OS. The minimum absolute atomic E-state index is 0.265. The van der Waals surface area contributed by atoms with Crippen molar-refractivity contribution in [2.45, 2.75) is 6.92 Å². The molecule has 0 aromatic carbocycles. The summed E-state index contributed by atoms with van der Waals surface area (Å²) in [6.45, 7) is 1.85. The van der Waals surface area contributed by atoms with Gasteiger partial charge in [-0.2, -0.15) is 0 Å². The van der Waals surface area contributed by atoms with Gasteiger partial charge in [0.2, 0.25) is 0 Å². The number of nitrogens with one attached hydrogen (secondary N) is 1. The van der Waals surface area contributed by atoms with Crippen molar-refractivity contribution >= 4 is 34.7 Å². The van der Waals surface area contributed by atoms with Crippen molar-refractivity contribution in [3.05, 3.63) is 39.4 Å². The van der Waals surface area contributed by atoms with Crippen LogP contribution in [0.1, 0.15) is 15.5 Å². The summed E-state index contributed by atoms with van der Waals surface area (Å²) in [4.78, 5) is 19.7. The Morgan fingerprint density at radius 3 is 2.88 bits per heavy atom. The van der Waals surface area contributed by atoms with E-state index in [-0.39, 0.29) is 5.91 Å². The second kappa shape index (κ2) is 4.59. The summed E-state index contributed by atoms with van der Waals surface area (Å²) in [7, 11) is 0. The van der Waals surface area contributed by atoms with Gasteiger partial charge in [-0.15, -0.1) is 11.3 Å². The first-order chi connectivity index (χ1) is 7.65. The molecule has 2 rings (SSSR count). The van der Waals surface area contributed by atoms with Gasteiger partial charge in [0.25, 0.3) is 5.91 Å². The first-order valence-corrected chi connectivity index (χ1v) is 5.76. The van der Waals surface area contributed by atoms with Gasteiger partial charge in [-0.05, 0) is 19.1 Å². The molecule has 0 spiro atoms. The normalized spacial score (nSPS) is 10.1. The van der Waals surface area contributed by atoms with E-state index in [0.717, 1.165) is 5.01 Å². The van der Waals surface area contributed by atoms with E-state index in [1.807, 2.05) is 6.92 Å². The maximum Gasteiger partial charge on any atom is 0.276 e. The van der Waals surface area contributed by atoms with E-state index in [1.54, 1.807) is 17.5 Å². The van der Waals surface area contributed by atoms with Crippen LogP contribution < -0.4 is 5.32 Å². The lowest BCUT2D eigenvalue weighted by Crippen LogP contribution is -2.13. The second-order valence-corrected chi connectivity index (χ2v) is 4.57. The number of carbonyl (C=O) groups is 1. The number of carbonyl (C=O) groups excluding carboxylic acids is 1. The first kappa shape index (κ1) is 11.0. The Hall–Kier alpha value is -1.46. The molecule has 6 heteroatoms. The molecule has 0 saturated heterocycles. The third-order valence-corrected chi connectivity index (χ3v) is 2.82. The third kappa shape index (κ3) is 2.56. The fourth-order valence-electron chi connectivity index (χ4n) is 1.10. The summed E-state index contributed by atoms with van der Waals surface area (Å²) in [5.74, 6) is 0.194. The molecule has 2 aromatic heterocycles. The van der Waals surface area contributed by atoms with Crippen molar-refractivity contribution < 1.29 is 4.79 Å². The fourth-order valence-corrected chi connectivity index (χ4v) is 1.80. The average molecular weight is 254 g/mol. The Balaban J connectivity index is 2.10. The third-order valence-electron chi connectivity index (χ3n) is 1.82. The van der Waals surface area contributed by atoms with Gasteiger partial charge in [-0.25, -0.2) is 9.97 Å². The zero-order chi connectivity index (χ0) is 11.5. The lowest BCUT2D eigenvalue weighted by Gasteiger charge is -2.01. The van der Waals surface area contributed by atoms with Gasteiger partial charge in [-0.3, -0.25) is 4.79 Å². The van der Waals surface area contributed by atoms with Crippen molar-refractivity contribution in [2.24, 2.45) is 0 Å². The zero-order valence-corrected chi connectivity index (χ0v) is 9.97. The molecule has 0 atom stereocenters. The van der Waals surface area contributed by atoms with Crippen molar-refractivity contribution in [3.8, 4) is 0 Å². The van der Waals surface area contributed by atoms with Crippen LogP contribution in [0.5, 0.6) is 0 Å². The van der Waals surface area contributed by atoms with E-state index in [2.05, 4.69) is 15.3 Å². The standard InChI is InChI=1S/C10H8ClN3OS/c1-6-13-8(5-16-6)10(15)14-9-3-2-7(11)4-12-9/h2-5H,1H3,(H,12,14,15). The molecule has 2 aromatic rings. The lowest BCUT2D eigenvalue weighted by molar-refractivity contribution is 0.102. The minimum atomic E-state index is -0.265. The molecule has 16 heavy (non-hydrogen) atoms. The van der Waals surface area contributed by atoms with E-state index in [9.17, 15) is 4.79 Å². The molecule has 0 bridgehead atoms. The quantitative estimate of drug-likeness (QED) is 0.895. The number of hydrogen-bond donors (Lipinski definition) is 1. The minimum Gasteiger partial charge on any atom is -0.305 e. The van der Waals surface area contributed by atoms with Crippen molar-refractivity contribution in [2.75, 3.05) is 5.32 Å². The molecule has 0 aliphatic carbocycles. The van der Waals surface area contributed by atoms with E-state index < -0.39 is 0 Å². The molecular weight excluding hydrogens is 246 g/mol. The van der Waals surface area contributed by atoms with Gasteiger partial charge in [0, 0.05) is 11.6 Å². The molecule has 0 unspecified atom stereocenters. The van der Waals surface area contributed by atoms with Gasteiger partial charge in [-0.1, -0.05) is 11.6 Å². The predicted octanol–water partition coefficient (Wildman–Crippen LogP) is 2.75. The molecule has 0 radical (unpaired) electrons. The van der Waals surface area contributed by atoms with Crippen molar-refractivity contribution in [1.82, 2.24) is 9.97 Å². The maximum atomic E-state index is 11.7. The number of hydrogen-bond acceptors (Lipinski definition) is 4. The maximum absolute atomic E-state index is 11.7. The van der Waals surface area contributed by atoms with Gasteiger partial charge in [0.15, 0.2) is 0 Å². The van der Waals surface area contributed by atoms with Crippen LogP contribution >= 0.6 is 22.9 Å². The highest BCUT2D eigenvalue weighted by Crippen LogP contribution is 2.12. The van der Waals surface area contributed by atoms with Crippen LogP contribution in [-0.4, -0.2) is 15.9 Å². The van der Waals surface area contributed by atoms with E-state index in [1.165, 1.54) is 17.5 Å². The van der Waals surface area contributed by atoms with Crippen LogP contribution in [0.2, 0.25) is 5.02 Å². The number of aromatic nitrogens is 2. The number of rotatable bonds is 2. The number of thiazole rings is 1. The number of anilines is 1. The second-order valence-electron chi connectivity index (χ2n) is 3.07. The summed E-state index contributed by atoms with van der Waals surface area (Å²) < 4.78 is 0. The highest BCUT2D eigenvalue weighted by molar-refractivity contribution is 7.09. The molecule has 0 aliphatic rings. The summed E-state index contributed by atoms with van der Waals surface area (Å²) in [5, 5.41) is 5.73. The summed E-state index contributed by atoms with van der Waals surface area (Å²) in [5.41, 5.74) is 0.402. The van der Waals surface area contributed by atoms with Crippen LogP contribution in [-0.2, 0) is 0 Å². The molecule has 1 N–H and O–H groups in total. The predicted molar refractivity (Wildman–Crippen MR) is 64.1 cm³/mol. The molecule has 0 fully saturated rings. The van der Waals surface area contributed by atoms with Crippen LogP contribution in [0.25, 0.3) is 0 Å². The van der Waals surface area contributed by atoms with Gasteiger partial charge in [0.05, 0.1) is 10.0 Å². The van der Waals surface area contributed by atoms with E-state index in [0.29, 0.717) is 16.5 Å². The first-order valence-electron chi connectivity index (χ1n) is 4.50. The lowest BCUT2D eigenvalue weighted by atomic mass is 10.4. The number of nitrogens with zero attached hydrogens (tertiary/aromatic N) is 2. The van der Waals surface area contributed by atoms with Crippen LogP contribution in [0, 0.1) is 6.92 Å². The number of halogens is 1. The molecule has 2 heterocycles. The molecule has 0 saturated carbocycles. The largest absolute Gasteiger partial charge is 0.305 e. The zero-order valence-electron chi connectivity index (χ0n) is 8.40. The summed E-state index contributed by atoms with van der Waals surface area (Å²) in [6, 6.07) is 3.30. The Morgan fingerprint density at radius 1 is 1.50 bits per heavy atom. The SMILES string of the molecule is Cc1nc(C(=O)Nc2ccc(Cl)cn2)cs1. The summed E-state index contributed by atoms with van der Waals surface area (Å²) in [6.07, 6.45) is 1.48. The molecule has 82 valence electrons. The molecule has 4 nitrogen and oxygen atoms in total. The van der Waals surface area contributed by atoms with Crippen molar-refractivity contribution in [1.29, 1.82) is 0 Å². The van der Waals surface area contributed by atoms with Crippen LogP contribution in [0.15, 0.2) is 23.7 Å². The Morgan fingerprint density at radius 2 is 2.31 bits per heavy atom. The average Bonchev–Trinajstić information content (AvgIpc) is 2.68. The highest BCUT2D eigenvalue weighted by atomic mass is 35.5. The Kier molecular flexibility index (Phi) is 3.17. The van der Waals surface area contributed by atoms with E-state index in [4.69, 9.17) is 11.6 Å². The number of aryl methyl sites for hydroxylation is 1. The van der Waals surface area contributed by atoms with Gasteiger partial charge < -0.3 is 5.32 Å². The monoisotopic (exact) mass is 253 g/mol. The van der Waals surface area contributed by atoms with Gasteiger partial charge >= 0.3 is 0 Å². The Bertz CT molecular complexity index is 509. The number of pyridine rings is 1. The van der Waals surface area contributed by atoms with Crippen molar-refractivity contribution in [3.63, 3.8) is 0 Å². The van der Waals surface area contributed by atoms with Crippen LogP contribution in [0.3, 0.4) is 0 Å². The molecule has 1 amide bonds. The van der Waals surface area contributed by atoms with Gasteiger partial charge in [0.1, 0.15) is 11.5 Å². The number of amides is 1. The smallest absolute Gasteiger partial charge is 0.276 e. The van der Waals surface area contributed by atoms with E-state index >= 15 is 0 Å². The Labute approximate surface area is 101 Å². The topological polar surface area (TPSA) is 54.9 Å². The summed E-state index contributed by atoms with van der Waals surface area (Å²) >= 11 is 7.11. The molecule has 0 aliphatic heterocycles. The fraction of sp³-hybridized carbons (Fsp3) is 0.100. The van der Waals surface area contributed by atoms with Crippen LogP contribution in [0.4, 0.5) is 5.82 Å². The highest BCUT2D eigenvalue weighted by Gasteiger charge is 2.09.